The molecule has 3 aliphatic rings. The molecule has 0 spiro atoms. The molecule has 3 aromatic carbocycles. The summed E-state index contributed by atoms with van der Waals surface area (Å²) in [6, 6.07) is 25.1. The summed E-state index contributed by atoms with van der Waals surface area (Å²) < 4.78 is 35.9. The first-order chi connectivity index (χ1) is 19.0. The van der Waals surface area contributed by atoms with Gasteiger partial charge < -0.3 is 9.84 Å². The summed E-state index contributed by atoms with van der Waals surface area (Å²) in [6.45, 7) is 3.89. The first kappa shape index (κ1) is 24.6. The van der Waals surface area contributed by atoms with Crippen molar-refractivity contribution in [2.45, 2.75) is 29.9 Å². The van der Waals surface area contributed by atoms with Gasteiger partial charge in [-0.05, 0) is 46.5 Å². The van der Waals surface area contributed by atoms with Crippen LogP contribution in [0.4, 0.5) is 8.78 Å². The van der Waals surface area contributed by atoms with Gasteiger partial charge in [0.2, 0.25) is 0 Å². The van der Waals surface area contributed by atoms with E-state index in [0.29, 0.717) is 6.54 Å². The molecule has 200 valence electrons. The van der Waals surface area contributed by atoms with Gasteiger partial charge in [-0.3, -0.25) is 14.8 Å². The second-order valence-corrected chi connectivity index (χ2v) is 10.9. The maximum atomic E-state index is 15.0. The van der Waals surface area contributed by atoms with Gasteiger partial charge in [0.05, 0.1) is 23.4 Å². The number of piperazine rings is 1. The van der Waals surface area contributed by atoms with Crippen LogP contribution in [-0.2, 0) is 0 Å². The van der Waals surface area contributed by atoms with E-state index in [2.05, 4.69) is 14.8 Å². The zero-order chi connectivity index (χ0) is 26.6. The van der Waals surface area contributed by atoms with Gasteiger partial charge in [-0.1, -0.05) is 54.6 Å². The van der Waals surface area contributed by atoms with Crippen molar-refractivity contribution in [1.29, 1.82) is 0 Å². The average Bonchev–Trinajstić information content (AvgIpc) is 3.58. The lowest BCUT2D eigenvalue weighted by atomic mass is 9.90. The highest BCUT2D eigenvalue weighted by molar-refractivity contribution is 5.84. The van der Waals surface area contributed by atoms with E-state index in [-0.39, 0.29) is 12.6 Å². The van der Waals surface area contributed by atoms with E-state index in [1.165, 1.54) is 0 Å². The monoisotopic (exact) mass is 527 g/mol. The number of aromatic nitrogens is 1. The molecular weight excluding hydrogens is 496 g/mol. The van der Waals surface area contributed by atoms with Crippen LogP contribution in [0.2, 0.25) is 0 Å². The Labute approximate surface area is 226 Å². The highest BCUT2D eigenvalue weighted by atomic mass is 19.3. The van der Waals surface area contributed by atoms with Crippen LogP contribution >= 0.6 is 0 Å². The fraction of sp³-hybridized carbons (Fsp3) is 0.344. The number of hydrogen-bond donors (Lipinski definition) is 1. The molecule has 1 aliphatic heterocycles. The predicted molar refractivity (Wildman–Crippen MR) is 146 cm³/mol. The van der Waals surface area contributed by atoms with Crippen LogP contribution in [0.25, 0.3) is 10.9 Å². The molecule has 4 aromatic rings. The smallest absolute Gasteiger partial charge is 0.263 e. The van der Waals surface area contributed by atoms with E-state index in [4.69, 9.17) is 4.74 Å². The Morgan fingerprint density at radius 2 is 1.46 bits per heavy atom. The van der Waals surface area contributed by atoms with Gasteiger partial charge in [-0.25, -0.2) is 8.78 Å². The first-order valence-electron chi connectivity index (χ1n) is 13.7. The molecule has 2 heterocycles. The van der Waals surface area contributed by atoms with Crippen molar-refractivity contribution >= 4 is 10.9 Å². The van der Waals surface area contributed by atoms with Crippen LogP contribution < -0.4 is 4.74 Å². The molecule has 39 heavy (non-hydrogen) atoms. The molecule has 1 saturated heterocycles. The standard InChI is InChI=1S/C32H31F2N3O2/c33-32(34)29-22-7-1-3-9-24(22)31(25-10-4-2-8-23(25)30(29)32)37-17-15-36(16-18-37)19-21(38)20-39-28-13-5-12-27-26(28)11-6-14-35-27/h1-14,21,29-31,38H,15-20H2/t21?,29-,30-/m1/s1. The molecule has 7 heteroatoms. The number of alkyl halides is 2. The number of fused-ring (bicyclic) bond motifs is 6. The van der Waals surface area contributed by atoms with Gasteiger partial charge in [0.1, 0.15) is 18.5 Å². The van der Waals surface area contributed by atoms with Crippen molar-refractivity contribution in [3.63, 3.8) is 0 Å². The fourth-order valence-electron chi connectivity index (χ4n) is 6.69. The number of β-amino-alcohol motifs (C(OH)–C–C–N with tert-alkyl or cyclic N) is 1. The molecule has 1 aromatic heterocycles. The Kier molecular flexibility index (Phi) is 6.10. The minimum absolute atomic E-state index is 0.0450. The SMILES string of the molecule is OC(COc1cccc2ncccc12)CN1CCN(C2c3ccccc3[C@@H]3[C@@H](c4ccccc42)C3(F)F)CC1. The third-order valence-corrected chi connectivity index (χ3v) is 8.58. The molecular formula is C32H31F2N3O2. The highest BCUT2D eigenvalue weighted by Gasteiger charge is 2.71. The zero-order valence-corrected chi connectivity index (χ0v) is 21.6. The normalized spacial score (nSPS) is 23.4. The number of benzene rings is 3. The van der Waals surface area contributed by atoms with Gasteiger partial charge in [0.25, 0.3) is 5.92 Å². The second kappa shape index (κ2) is 9.66. The lowest BCUT2D eigenvalue weighted by molar-refractivity contribution is 0.0400. The van der Waals surface area contributed by atoms with E-state index < -0.39 is 23.9 Å². The molecule has 2 aliphatic carbocycles. The maximum absolute atomic E-state index is 15.0. The van der Waals surface area contributed by atoms with Gasteiger partial charge in [0, 0.05) is 44.3 Å². The van der Waals surface area contributed by atoms with Gasteiger partial charge in [-0.15, -0.1) is 0 Å². The second-order valence-electron chi connectivity index (χ2n) is 10.9. The van der Waals surface area contributed by atoms with Crippen LogP contribution in [0.3, 0.4) is 0 Å². The third-order valence-electron chi connectivity index (χ3n) is 8.58. The van der Waals surface area contributed by atoms with Crippen molar-refractivity contribution in [2.75, 3.05) is 39.3 Å². The van der Waals surface area contributed by atoms with Crippen molar-refractivity contribution < 1.29 is 18.6 Å². The number of rotatable bonds is 6. The van der Waals surface area contributed by atoms with E-state index in [9.17, 15) is 13.9 Å². The Morgan fingerprint density at radius 1 is 0.821 bits per heavy atom. The van der Waals surface area contributed by atoms with E-state index in [1.807, 2.05) is 78.9 Å². The number of aliphatic hydroxyl groups is 1. The molecule has 3 atom stereocenters. The molecule has 1 unspecified atom stereocenters. The molecule has 0 radical (unpaired) electrons. The maximum Gasteiger partial charge on any atom is 0.263 e. The topological polar surface area (TPSA) is 48.8 Å². The molecule has 1 N–H and O–H groups in total. The molecule has 2 fully saturated rings. The van der Waals surface area contributed by atoms with Crippen molar-refractivity contribution in [1.82, 2.24) is 14.8 Å². The summed E-state index contributed by atoms with van der Waals surface area (Å²) >= 11 is 0. The summed E-state index contributed by atoms with van der Waals surface area (Å²) in [6.07, 6.45) is 1.13. The van der Waals surface area contributed by atoms with Crippen molar-refractivity contribution in [3.05, 3.63) is 107 Å². The highest BCUT2D eigenvalue weighted by Crippen LogP contribution is 2.70. The van der Waals surface area contributed by atoms with Crippen LogP contribution in [-0.4, -0.2) is 71.2 Å². The molecule has 5 nitrogen and oxygen atoms in total. The fourth-order valence-corrected chi connectivity index (χ4v) is 6.69. The van der Waals surface area contributed by atoms with Crippen LogP contribution in [0.1, 0.15) is 40.1 Å². The minimum Gasteiger partial charge on any atom is -0.490 e. The zero-order valence-electron chi connectivity index (χ0n) is 21.6. The summed E-state index contributed by atoms with van der Waals surface area (Å²) in [5, 5.41) is 11.7. The van der Waals surface area contributed by atoms with Crippen LogP contribution in [0, 0.1) is 0 Å². The quantitative estimate of drug-likeness (QED) is 0.373. The Balaban J connectivity index is 1.04. The number of hydrogen-bond acceptors (Lipinski definition) is 5. The van der Waals surface area contributed by atoms with Crippen LogP contribution in [0.5, 0.6) is 5.75 Å². The summed E-state index contributed by atoms with van der Waals surface area (Å²) in [7, 11) is 0. The first-order valence-corrected chi connectivity index (χ1v) is 13.7. The largest absolute Gasteiger partial charge is 0.490 e. The Bertz CT molecular complexity index is 1440. The summed E-state index contributed by atoms with van der Waals surface area (Å²) in [4.78, 5) is 9.04. The average molecular weight is 528 g/mol. The lowest BCUT2D eigenvalue weighted by Gasteiger charge is -2.41. The van der Waals surface area contributed by atoms with Gasteiger partial charge >= 0.3 is 0 Å². The molecule has 0 bridgehead atoms. The van der Waals surface area contributed by atoms with Gasteiger partial charge in [0.15, 0.2) is 0 Å². The van der Waals surface area contributed by atoms with Gasteiger partial charge in [-0.2, -0.15) is 0 Å². The van der Waals surface area contributed by atoms with E-state index >= 15 is 0 Å². The molecule has 7 rings (SSSR count). The van der Waals surface area contributed by atoms with E-state index in [1.54, 1.807) is 6.20 Å². The number of ether oxygens (including phenoxy) is 1. The molecule has 1 saturated carbocycles. The molecule has 0 amide bonds. The number of halogens is 2. The van der Waals surface area contributed by atoms with Crippen molar-refractivity contribution in [3.8, 4) is 5.75 Å². The lowest BCUT2D eigenvalue weighted by Crippen LogP contribution is -2.50. The Morgan fingerprint density at radius 3 is 2.13 bits per heavy atom. The predicted octanol–water partition coefficient (Wildman–Crippen LogP) is 5.21. The minimum atomic E-state index is -2.70. The number of nitrogens with zero attached hydrogens (tertiary/aromatic N) is 3. The van der Waals surface area contributed by atoms with E-state index in [0.717, 1.165) is 65.1 Å². The summed E-state index contributed by atoms with van der Waals surface area (Å²) in [5.41, 5.74) is 4.44. The van der Waals surface area contributed by atoms with Crippen molar-refractivity contribution in [2.24, 2.45) is 0 Å². The Hall–Kier alpha value is -3.39. The van der Waals surface area contributed by atoms with Crippen LogP contribution in [0.15, 0.2) is 85.1 Å². The summed E-state index contributed by atoms with van der Waals surface area (Å²) in [5.74, 6) is -3.46. The number of pyridine rings is 1. The number of aliphatic hydroxyl groups excluding tert-OH is 1. The third kappa shape index (κ3) is 4.29.